The van der Waals surface area contributed by atoms with Crippen LogP contribution >= 0.6 is 0 Å². The molecule has 1 aromatic carbocycles. The third-order valence-electron chi connectivity index (χ3n) is 5.00. The molecule has 31 heavy (non-hydrogen) atoms. The van der Waals surface area contributed by atoms with Gasteiger partial charge in [-0.15, -0.1) is 0 Å². The molecule has 4 rings (SSSR count). The van der Waals surface area contributed by atoms with Gasteiger partial charge in [-0.3, -0.25) is 0 Å². The van der Waals surface area contributed by atoms with Gasteiger partial charge in [0.1, 0.15) is 17.7 Å². The molecule has 0 saturated heterocycles. The highest BCUT2D eigenvalue weighted by atomic mass is 16.6. The van der Waals surface area contributed by atoms with Gasteiger partial charge in [0.2, 0.25) is 0 Å². The molecule has 0 spiro atoms. The standard InChI is InChI=1S/C21H26N6O2.C2H6/c1-13-17-18(22)23-12-24-19(17)27(25-13)10-14-5-6-16-11-26(8-7-15(16)9-14)20(28)29-21(2,3)4;1-2/h5-6,9,12H,7-8,10-11H2,1-4H3,(H2,22,23,24);1-2H3. The van der Waals surface area contributed by atoms with Crippen molar-refractivity contribution in [3.63, 3.8) is 0 Å². The number of aryl methyl sites for hydroxylation is 1. The Hall–Kier alpha value is -3.16. The molecule has 0 unspecified atom stereocenters. The minimum absolute atomic E-state index is 0.261. The molecule has 2 aromatic heterocycles. The zero-order chi connectivity index (χ0) is 22.8. The minimum atomic E-state index is -0.487. The molecule has 0 atom stereocenters. The van der Waals surface area contributed by atoms with E-state index < -0.39 is 5.60 Å². The van der Waals surface area contributed by atoms with Crippen molar-refractivity contribution in [2.24, 2.45) is 0 Å². The van der Waals surface area contributed by atoms with Crippen LogP contribution in [0.5, 0.6) is 0 Å². The molecule has 1 amide bonds. The summed E-state index contributed by atoms with van der Waals surface area (Å²) in [6.07, 6.45) is 2.01. The first-order valence-electron chi connectivity index (χ1n) is 10.7. The smallest absolute Gasteiger partial charge is 0.410 e. The number of aromatic nitrogens is 4. The van der Waals surface area contributed by atoms with Crippen LogP contribution < -0.4 is 5.73 Å². The van der Waals surface area contributed by atoms with E-state index in [2.05, 4.69) is 33.3 Å². The highest BCUT2D eigenvalue weighted by Crippen LogP contribution is 2.24. The van der Waals surface area contributed by atoms with Gasteiger partial charge in [-0.2, -0.15) is 5.10 Å². The average molecular weight is 425 g/mol. The zero-order valence-electron chi connectivity index (χ0n) is 19.3. The van der Waals surface area contributed by atoms with Crippen LogP contribution in [-0.4, -0.2) is 42.9 Å². The maximum Gasteiger partial charge on any atom is 0.410 e. The number of rotatable bonds is 2. The molecule has 166 valence electrons. The molecule has 1 aliphatic heterocycles. The zero-order valence-corrected chi connectivity index (χ0v) is 19.3. The van der Waals surface area contributed by atoms with E-state index in [9.17, 15) is 4.79 Å². The summed E-state index contributed by atoms with van der Waals surface area (Å²) in [5, 5.41) is 5.40. The third-order valence-corrected chi connectivity index (χ3v) is 5.00. The summed E-state index contributed by atoms with van der Waals surface area (Å²) in [4.78, 5) is 22.5. The Labute approximate surface area is 183 Å². The maximum atomic E-state index is 12.4. The molecule has 0 fully saturated rings. The van der Waals surface area contributed by atoms with E-state index in [4.69, 9.17) is 10.5 Å². The molecular weight excluding hydrogens is 392 g/mol. The van der Waals surface area contributed by atoms with Crippen LogP contribution in [0.15, 0.2) is 24.5 Å². The van der Waals surface area contributed by atoms with Crippen molar-refractivity contribution >= 4 is 22.9 Å². The van der Waals surface area contributed by atoms with Gasteiger partial charge < -0.3 is 15.4 Å². The quantitative estimate of drug-likeness (QED) is 0.665. The van der Waals surface area contributed by atoms with Crippen molar-refractivity contribution in [2.75, 3.05) is 12.3 Å². The van der Waals surface area contributed by atoms with Gasteiger partial charge in [0.25, 0.3) is 0 Å². The normalized spacial score (nSPS) is 13.4. The summed E-state index contributed by atoms with van der Waals surface area (Å²) >= 11 is 0. The van der Waals surface area contributed by atoms with E-state index in [0.717, 1.165) is 34.3 Å². The Morgan fingerprint density at radius 3 is 2.65 bits per heavy atom. The molecular formula is C23H32N6O2. The monoisotopic (exact) mass is 424 g/mol. The Morgan fingerprint density at radius 2 is 1.94 bits per heavy atom. The minimum Gasteiger partial charge on any atom is -0.444 e. The highest BCUT2D eigenvalue weighted by Gasteiger charge is 2.25. The average Bonchev–Trinajstić information content (AvgIpc) is 3.04. The Balaban J connectivity index is 0.00000132. The van der Waals surface area contributed by atoms with Crippen molar-refractivity contribution in [1.82, 2.24) is 24.6 Å². The lowest BCUT2D eigenvalue weighted by Crippen LogP contribution is -2.39. The molecule has 0 radical (unpaired) electrons. The van der Waals surface area contributed by atoms with E-state index in [1.807, 2.05) is 46.2 Å². The SMILES string of the molecule is CC.Cc1nn(Cc2ccc3c(c2)CCN(C(=O)OC(C)(C)C)C3)c2ncnc(N)c12. The Kier molecular flexibility index (Phi) is 6.48. The number of anilines is 1. The van der Waals surface area contributed by atoms with Crippen LogP contribution in [-0.2, 0) is 24.2 Å². The molecule has 3 heterocycles. The van der Waals surface area contributed by atoms with Crippen LogP contribution in [0.3, 0.4) is 0 Å². The number of hydrogen-bond acceptors (Lipinski definition) is 6. The van der Waals surface area contributed by atoms with Gasteiger partial charge in [0, 0.05) is 13.1 Å². The van der Waals surface area contributed by atoms with Crippen molar-refractivity contribution in [3.05, 3.63) is 46.9 Å². The lowest BCUT2D eigenvalue weighted by molar-refractivity contribution is 0.0224. The van der Waals surface area contributed by atoms with Gasteiger partial charge in [-0.1, -0.05) is 32.0 Å². The molecule has 0 saturated carbocycles. The number of nitrogens with two attached hydrogens (primary N) is 1. The van der Waals surface area contributed by atoms with Crippen molar-refractivity contribution < 1.29 is 9.53 Å². The molecule has 2 N–H and O–H groups in total. The summed E-state index contributed by atoms with van der Waals surface area (Å²) in [5.74, 6) is 0.450. The summed E-state index contributed by atoms with van der Waals surface area (Å²) in [6.45, 7) is 13.4. The fourth-order valence-corrected chi connectivity index (χ4v) is 3.68. The predicted octanol–water partition coefficient (Wildman–Crippen LogP) is 4.08. The Morgan fingerprint density at radius 1 is 1.19 bits per heavy atom. The lowest BCUT2D eigenvalue weighted by atomic mass is 9.97. The van der Waals surface area contributed by atoms with Crippen molar-refractivity contribution in [1.29, 1.82) is 0 Å². The summed E-state index contributed by atoms with van der Waals surface area (Å²) < 4.78 is 7.36. The van der Waals surface area contributed by atoms with Gasteiger partial charge in [-0.25, -0.2) is 19.4 Å². The largest absolute Gasteiger partial charge is 0.444 e. The number of nitrogen functional groups attached to an aromatic ring is 1. The molecule has 1 aliphatic rings. The fourth-order valence-electron chi connectivity index (χ4n) is 3.68. The van der Waals surface area contributed by atoms with Crippen molar-refractivity contribution in [3.8, 4) is 0 Å². The van der Waals surface area contributed by atoms with Crippen LogP contribution in [0.1, 0.15) is 57.0 Å². The fraction of sp³-hybridized carbons (Fsp3) is 0.478. The van der Waals surface area contributed by atoms with E-state index in [0.29, 0.717) is 25.5 Å². The first-order chi connectivity index (χ1) is 14.7. The van der Waals surface area contributed by atoms with Gasteiger partial charge in [0.15, 0.2) is 5.65 Å². The second-order valence-electron chi connectivity index (χ2n) is 8.46. The second-order valence-corrected chi connectivity index (χ2v) is 8.46. The van der Waals surface area contributed by atoms with Crippen LogP contribution in [0.4, 0.5) is 10.6 Å². The number of nitrogens with zero attached hydrogens (tertiary/aromatic N) is 5. The van der Waals surface area contributed by atoms with E-state index in [1.165, 1.54) is 11.9 Å². The summed E-state index contributed by atoms with van der Waals surface area (Å²) in [7, 11) is 0. The number of amides is 1. The number of carbonyl (C=O) groups is 1. The maximum absolute atomic E-state index is 12.4. The topological polar surface area (TPSA) is 99.2 Å². The van der Waals surface area contributed by atoms with Crippen LogP contribution in [0, 0.1) is 6.92 Å². The number of ether oxygens (including phenoxy) is 1. The number of fused-ring (bicyclic) bond motifs is 2. The number of carbonyl (C=O) groups excluding carboxylic acids is 1. The molecule has 0 bridgehead atoms. The van der Waals surface area contributed by atoms with Gasteiger partial charge in [-0.05, 0) is 50.8 Å². The summed E-state index contributed by atoms with van der Waals surface area (Å²) in [5.41, 5.74) is 10.6. The number of benzene rings is 1. The van der Waals surface area contributed by atoms with Gasteiger partial charge >= 0.3 is 6.09 Å². The Bertz CT molecular complexity index is 1080. The van der Waals surface area contributed by atoms with Crippen molar-refractivity contribution in [2.45, 2.75) is 66.7 Å². The highest BCUT2D eigenvalue weighted by molar-refractivity contribution is 5.87. The van der Waals surface area contributed by atoms with Crippen LogP contribution in [0.25, 0.3) is 11.0 Å². The van der Waals surface area contributed by atoms with Gasteiger partial charge in [0.05, 0.1) is 17.6 Å². The van der Waals surface area contributed by atoms with E-state index in [1.54, 1.807) is 4.90 Å². The predicted molar refractivity (Wildman–Crippen MR) is 122 cm³/mol. The molecule has 0 aliphatic carbocycles. The summed E-state index contributed by atoms with van der Waals surface area (Å²) in [6, 6.07) is 6.35. The first-order valence-corrected chi connectivity index (χ1v) is 10.7. The first kappa shape index (κ1) is 22.5. The molecule has 8 nitrogen and oxygen atoms in total. The number of hydrogen-bond donors (Lipinski definition) is 1. The molecule has 8 heteroatoms. The van der Waals surface area contributed by atoms with Crippen LogP contribution in [0.2, 0.25) is 0 Å². The third kappa shape index (κ3) is 4.95. The van der Waals surface area contributed by atoms with E-state index >= 15 is 0 Å². The lowest BCUT2D eigenvalue weighted by Gasteiger charge is -2.31. The molecule has 3 aromatic rings. The van der Waals surface area contributed by atoms with E-state index in [-0.39, 0.29) is 6.09 Å². The second kappa shape index (κ2) is 8.91.